The fourth-order valence-corrected chi connectivity index (χ4v) is 7.71. The summed E-state index contributed by atoms with van der Waals surface area (Å²) in [7, 11) is 4.74. The number of hydrogen-bond donors (Lipinski definition) is 0. The summed E-state index contributed by atoms with van der Waals surface area (Å²) in [5.74, 6) is 0.586. The number of carbonyl (C=O) groups is 1. The van der Waals surface area contributed by atoms with E-state index in [-0.39, 0.29) is 5.97 Å². The van der Waals surface area contributed by atoms with Gasteiger partial charge in [-0.2, -0.15) is 0 Å². The van der Waals surface area contributed by atoms with E-state index in [0.717, 1.165) is 35.0 Å². The van der Waals surface area contributed by atoms with Crippen molar-refractivity contribution in [3.05, 3.63) is 65.2 Å². The number of unbranched alkanes of at least 4 members (excludes halogenated alkanes) is 27. The van der Waals surface area contributed by atoms with Crippen LogP contribution in [-0.4, -0.2) is 31.1 Å². The summed E-state index contributed by atoms with van der Waals surface area (Å²) in [4.78, 5) is 11.9. The van der Waals surface area contributed by atoms with Gasteiger partial charge in [-0.15, -0.1) is 0 Å². The lowest BCUT2D eigenvalue weighted by molar-refractivity contribution is -0.903. The van der Waals surface area contributed by atoms with E-state index < -0.39 is 0 Å². The van der Waals surface area contributed by atoms with E-state index in [4.69, 9.17) is 4.74 Å². The number of quaternary nitrogens is 1. The Labute approximate surface area is 337 Å². The summed E-state index contributed by atoms with van der Waals surface area (Å²) < 4.78 is 6.57. The topological polar surface area (TPSA) is 26.3 Å². The summed E-state index contributed by atoms with van der Waals surface area (Å²) in [6, 6.07) is 16.9. The van der Waals surface area contributed by atoms with Gasteiger partial charge in [-0.05, 0) is 56.4 Å². The van der Waals surface area contributed by atoms with Gasteiger partial charge in [0.1, 0.15) is 12.3 Å². The molecule has 2 aromatic carbocycles. The molecule has 2 rings (SSSR count). The maximum atomic E-state index is 11.9. The van der Waals surface area contributed by atoms with Crippen molar-refractivity contribution in [1.82, 2.24) is 0 Å². The molecule has 54 heavy (non-hydrogen) atoms. The van der Waals surface area contributed by atoms with Crippen LogP contribution in [0.3, 0.4) is 0 Å². The summed E-state index contributed by atoms with van der Waals surface area (Å²) in [5, 5.41) is 0. The first kappa shape index (κ1) is 49.9. The van der Waals surface area contributed by atoms with Crippen LogP contribution in [0.4, 0.5) is 0 Å². The molecule has 0 aromatic heterocycles. The lowest BCUT2D eigenvalue weighted by Gasteiger charge is -2.30. The average molecular weight is 749 g/mol. The Morgan fingerprint density at radius 1 is 0.481 bits per heavy atom. The molecule has 0 radical (unpaired) electrons. The molecule has 0 fully saturated rings. The quantitative estimate of drug-likeness (QED) is 0.0308. The molecule has 3 heteroatoms. The lowest BCUT2D eigenvalue weighted by atomic mass is 10.0. The standard InChI is InChI=1S/C26H44O2.C25H46N/c1-4-5-6-7-8-9-10-11-12-13-14-15-16-17-18-19-26(27)28-25-21-23(2)20-24(3)22-25;1-4-5-6-7-8-9-10-11-12-13-14-15-16-20-23-26(2,3)24-25-21-18-17-19-22-25/h20-22H,4-19H2,1-3H3;17-19,21-22H,4-16,20,23-24H2,1-3H3/q;+1. The van der Waals surface area contributed by atoms with E-state index in [1.807, 2.05) is 26.0 Å². The van der Waals surface area contributed by atoms with Crippen LogP contribution in [0.2, 0.25) is 0 Å². The van der Waals surface area contributed by atoms with Gasteiger partial charge in [0, 0.05) is 12.0 Å². The number of benzene rings is 2. The van der Waals surface area contributed by atoms with E-state index in [1.165, 1.54) is 185 Å². The predicted octanol–water partition coefficient (Wildman–Crippen LogP) is 16.2. The third-order valence-electron chi connectivity index (χ3n) is 11.0. The van der Waals surface area contributed by atoms with Crippen LogP contribution in [0.15, 0.2) is 48.5 Å². The average Bonchev–Trinajstić information content (AvgIpc) is 3.13. The predicted molar refractivity (Wildman–Crippen MR) is 239 cm³/mol. The molecule has 0 spiro atoms. The normalized spacial score (nSPS) is 11.4. The molecule has 0 N–H and O–H groups in total. The van der Waals surface area contributed by atoms with E-state index in [0.29, 0.717) is 12.2 Å². The van der Waals surface area contributed by atoms with Crippen molar-refractivity contribution in [2.75, 3.05) is 20.6 Å². The second-order valence-electron chi connectivity index (χ2n) is 17.4. The summed E-state index contributed by atoms with van der Waals surface area (Å²) in [5.41, 5.74) is 3.73. The van der Waals surface area contributed by atoms with Gasteiger partial charge in [-0.1, -0.05) is 217 Å². The van der Waals surface area contributed by atoms with Gasteiger partial charge in [-0.3, -0.25) is 4.79 Å². The Balaban J connectivity index is 0.000000541. The highest BCUT2D eigenvalue weighted by atomic mass is 16.5. The van der Waals surface area contributed by atoms with Crippen LogP contribution in [0.5, 0.6) is 5.75 Å². The molecule has 310 valence electrons. The van der Waals surface area contributed by atoms with Gasteiger partial charge >= 0.3 is 5.97 Å². The second kappa shape index (κ2) is 35.3. The van der Waals surface area contributed by atoms with Crippen molar-refractivity contribution in [1.29, 1.82) is 0 Å². The Morgan fingerprint density at radius 3 is 1.22 bits per heavy atom. The molecule has 0 aliphatic heterocycles. The number of esters is 1. The Hall–Kier alpha value is -2.13. The van der Waals surface area contributed by atoms with Gasteiger partial charge in [0.2, 0.25) is 0 Å². The minimum atomic E-state index is -0.0975. The molecule has 2 aromatic rings. The monoisotopic (exact) mass is 749 g/mol. The van der Waals surface area contributed by atoms with Gasteiger partial charge < -0.3 is 9.22 Å². The van der Waals surface area contributed by atoms with Crippen LogP contribution in [0.25, 0.3) is 0 Å². The molecule has 0 heterocycles. The smallest absolute Gasteiger partial charge is 0.311 e. The number of nitrogens with zero attached hydrogens (tertiary/aromatic N) is 1. The highest BCUT2D eigenvalue weighted by Crippen LogP contribution is 2.19. The van der Waals surface area contributed by atoms with Crippen LogP contribution < -0.4 is 4.74 Å². The number of rotatable bonds is 34. The molecule has 0 aliphatic carbocycles. The minimum absolute atomic E-state index is 0.0975. The number of hydrogen-bond acceptors (Lipinski definition) is 2. The van der Waals surface area contributed by atoms with E-state index in [2.05, 4.69) is 64.3 Å². The van der Waals surface area contributed by atoms with Crippen molar-refractivity contribution in [2.24, 2.45) is 0 Å². The first-order valence-corrected chi connectivity index (χ1v) is 23.4. The van der Waals surface area contributed by atoms with E-state index >= 15 is 0 Å². The molecule has 0 aliphatic rings. The maximum absolute atomic E-state index is 11.9. The highest BCUT2D eigenvalue weighted by Gasteiger charge is 2.15. The van der Waals surface area contributed by atoms with Crippen LogP contribution >= 0.6 is 0 Å². The minimum Gasteiger partial charge on any atom is -0.427 e. The van der Waals surface area contributed by atoms with Crippen LogP contribution in [-0.2, 0) is 11.3 Å². The van der Waals surface area contributed by atoms with E-state index in [9.17, 15) is 4.79 Å². The van der Waals surface area contributed by atoms with Gasteiger partial charge in [-0.25, -0.2) is 0 Å². The molecule has 0 bridgehead atoms. The Bertz CT molecular complexity index is 1090. The SMILES string of the molecule is CCCCCCCCCCCCCCCCCC(=O)Oc1cc(C)cc(C)c1.CCCCCCCCCCCCCCCC[N+](C)(C)Cc1ccccc1. The molecule has 0 amide bonds. The molecular formula is C51H90NO2+. The largest absolute Gasteiger partial charge is 0.427 e. The third-order valence-corrected chi connectivity index (χ3v) is 11.0. The van der Waals surface area contributed by atoms with Gasteiger partial charge in [0.25, 0.3) is 0 Å². The van der Waals surface area contributed by atoms with Crippen molar-refractivity contribution in [3.8, 4) is 5.75 Å². The summed E-state index contributed by atoms with van der Waals surface area (Å²) >= 11 is 0. The zero-order chi connectivity index (χ0) is 39.4. The fraction of sp³-hybridized carbons (Fsp3) is 0.745. The summed E-state index contributed by atoms with van der Waals surface area (Å²) in [6.07, 6.45) is 40.8. The molecule has 3 nitrogen and oxygen atoms in total. The van der Waals surface area contributed by atoms with Crippen LogP contribution in [0.1, 0.15) is 223 Å². The molecule has 0 unspecified atom stereocenters. The van der Waals surface area contributed by atoms with Gasteiger partial charge in [0.15, 0.2) is 0 Å². The van der Waals surface area contributed by atoms with Crippen molar-refractivity contribution in [2.45, 2.75) is 227 Å². The van der Waals surface area contributed by atoms with Crippen molar-refractivity contribution in [3.63, 3.8) is 0 Å². The number of aryl methyl sites for hydroxylation is 2. The molecular weight excluding hydrogens is 659 g/mol. The zero-order valence-corrected chi connectivity index (χ0v) is 37.0. The second-order valence-corrected chi connectivity index (χ2v) is 17.4. The molecule has 0 saturated carbocycles. The fourth-order valence-electron chi connectivity index (χ4n) is 7.71. The number of ether oxygens (including phenoxy) is 1. The third kappa shape index (κ3) is 32.1. The Kier molecular flexibility index (Phi) is 32.6. The molecule has 0 saturated heterocycles. The summed E-state index contributed by atoms with van der Waals surface area (Å²) in [6.45, 7) is 11.1. The zero-order valence-electron chi connectivity index (χ0n) is 37.0. The highest BCUT2D eigenvalue weighted by molar-refractivity contribution is 5.72. The first-order chi connectivity index (χ1) is 26.3. The maximum Gasteiger partial charge on any atom is 0.311 e. The first-order valence-electron chi connectivity index (χ1n) is 23.4. The Morgan fingerprint density at radius 2 is 0.833 bits per heavy atom. The molecule has 0 atom stereocenters. The number of carbonyl (C=O) groups excluding carboxylic acids is 1. The van der Waals surface area contributed by atoms with E-state index in [1.54, 1.807) is 0 Å². The van der Waals surface area contributed by atoms with Gasteiger partial charge in [0.05, 0.1) is 20.6 Å². The van der Waals surface area contributed by atoms with Crippen molar-refractivity contribution >= 4 is 5.97 Å². The van der Waals surface area contributed by atoms with Crippen LogP contribution in [0, 0.1) is 13.8 Å². The van der Waals surface area contributed by atoms with Crippen molar-refractivity contribution < 1.29 is 14.0 Å². The lowest BCUT2D eigenvalue weighted by Crippen LogP contribution is -2.39.